The maximum atomic E-state index is 12.0. The van der Waals surface area contributed by atoms with Gasteiger partial charge in [0, 0.05) is 0 Å². The summed E-state index contributed by atoms with van der Waals surface area (Å²) in [5.41, 5.74) is 2.70. The first-order valence-corrected chi connectivity index (χ1v) is 6.73. The molecule has 0 saturated carbocycles. The Hall–Kier alpha value is -1.20. The fourth-order valence-corrected chi connectivity index (χ4v) is 2.46. The van der Waals surface area contributed by atoms with E-state index in [1.54, 1.807) is 6.20 Å². The summed E-state index contributed by atoms with van der Waals surface area (Å²) in [5, 5.41) is 4.75. The molecular formula is C12H11BrN2OS. The van der Waals surface area contributed by atoms with Crippen LogP contribution < -0.4 is 5.32 Å². The van der Waals surface area contributed by atoms with E-state index in [-0.39, 0.29) is 5.91 Å². The molecule has 0 bridgehead atoms. The van der Waals surface area contributed by atoms with Gasteiger partial charge in [-0.3, -0.25) is 4.79 Å². The van der Waals surface area contributed by atoms with Gasteiger partial charge < -0.3 is 5.32 Å². The van der Waals surface area contributed by atoms with E-state index < -0.39 is 0 Å². The number of halogens is 1. The van der Waals surface area contributed by atoms with Gasteiger partial charge in [0.1, 0.15) is 4.60 Å². The van der Waals surface area contributed by atoms with Crippen LogP contribution in [0.25, 0.3) is 0 Å². The Morgan fingerprint density at radius 2 is 2.18 bits per heavy atom. The lowest BCUT2D eigenvalue weighted by molar-refractivity contribution is 0.103. The first kappa shape index (κ1) is 12.3. The molecule has 3 nitrogen and oxygen atoms in total. The fourth-order valence-electron chi connectivity index (χ4n) is 1.42. The zero-order valence-corrected chi connectivity index (χ0v) is 11.9. The molecule has 0 atom stereocenters. The number of thiophene rings is 1. The molecule has 0 radical (unpaired) electrons. The van der Waals surface area contributed by atoms with Gasteiger partial charge in [-0.25, -0.2) is 4.98 Å². The molecule has 2 aromatic heterocycles. The lowest BCUT2D eigenvalue weighted by Crippen LogP contribution is -2.11. The van der Waals surface area contributed by atoms with Gasteiger partial charge in [0.2, 0.25) is 0 Å². The van der Waals surface area contributed by atoms with E-state index in [4.69, 9.17) is 0 Å². The molecule has 5 heteroatoms. The topological polar surface area (TPSA) is 42.0 Å². The van der Waals surface area contributed by atoms with Gasteiger partial charge in [0.15, 0.2) is 0 Å². The Morgan fingerprint density at radius 1 is 1.41 bits per heavy atom. The Labute approximate surface area is 112 Å². The van der Waals surface area contributed by atoms with Crippen LogP contribution in [0.1, 0.15) is 20.8 Å². The first-order chi connectivity index (χ1) is 8.08. The lowest BCUT2D eigenvalue weighted by atomic mass is 10.2. The Bertz CT molecular complexity index is 565. The van der Waals surface area contributed by atoms with E-state index in [1.807, 2.05) is 31.4 Å². The van der Waals surface area contributed by atoms with Gasteiger partial charge in [-0.05, 0) is 58.4 Å². The second kappa shape index (κ2) is 4.98. The number of amides is 1. The summed E-state index contributed by atoms with van der Waals surface area (Å²) in [6.07, 6.45) is 1.64. The van der Waals surface area contributed by atoms with Crippen molar-refractivity contribution in [2.75, 3.05) is 5.32 Å². The number of nitrogens with zero attached hydrogens (tertiary/aromatic N) is 1. The number of aryl methyl sites for hydroxylation is 2. The molecule has 17 heavy (non-hydrogen) atoms. The molecule has 88 valence electrons. The van der Waals surface area contributed by atoms with Crippen molar-refractivity contribution in [1.29, 1.82) is 0 Å². The molecule has 2 heterocycles. The smallest absolute Gasteiger partial charge is 0.266 e. The Kier molecular flexibility index (Phi) is 3.59. The predicted octanol–water partition coefficient (Wildman–Crippen LogP) is 3.77. The number of rotatable bonds is 2. The second-order valence-corrected chi connectivity index (χ2v) is 5.39. The molecule has 0 aliphatic carbocycles. The lowest BCUT2D eigenvalue weighted by Gasteiger charge is -2.05. The monoisotopic (exact) mass is 310 g/mol. The van der Waals surface area contributed by atoms with Gasteiger partial charge in [-0.15, -0.1) is 11.3 Å². The van der Waals surface area contributed by atoms with Gasteiger partial charge in [-0.2, -0.15) is 0 Å². The number of hydrogen-bond acceptors (Lipinski definition) is 3. The van der Waals surface area contributed by atoms with Crippen LogP contribution in [-0.2, 0) is 0 Å². The number of nitrogens with one attached hydrogen (secondary N) is 1. The van der Waals surface area contributed by atoms with Crippen LogP contribution in [0.4, 0.5) is 5.69 Å². The summed E-state index contributed by atoms with van der Waals surface area (Å²) in [6, 6.07) is 3.82. The highest BCUT2D eigenvalue weighted by atomic mass is 79.9. The van der Waals surface area contributed by atoms with Gasteiger partial charge in [0.05, 0.1) is 16.8 Å². The summed E-state index contributed by atoms with van der Waals surface area (Å²) >= 11 is 4.77. The Balaban J connectivity index is 2.19. The van der Waals surface area contributed by atoms with Crippen LogP contribution >= 0.6 is 27.3 Å². The number of pyridine rings is 1. The largest absolute Gasteiger partial charge is 0.320 e. The van der Waals surface area contributed by atoms with E-state index in [0.717, 1.165) is 20.6 Å². The fraction of sp³-hybridized carbons (Fsp3) is 0.167. The summed E-state index contributed by atoms with van der Waals surface area (Å²) in [5.74, 6) is -0.0824. The zero-order chi connectivity index (χ0) is 12.4. The molecule has 2 rings (SSSR count). The van der Waals surface area contributed by atoms with Gasteiger partial charge in [0.25, 0.3) is 5.91 Å². The average Bonchev–Trinajstić information content (AvgIpc) is 2.70. The van der Waals surface area contributed by atoms with E-state index in [9.17, 15) is 4.79 Å². The van der Waals surface area contributed by atoms with Crippen LogP contribution in [-0.4, -0.2) is 10.9 Å². The van der Waals surface area contributed by atoms with Crippen molar-refractivity contribution in [2.45, 2.75) is 13.8 Å². The van der Waals surface area contributed by atoms with Crippen molar-refractivity contribution in [3.05, 3.63) is 44.3 Å². The normalized spacial score (nSPS) is 10.3. The van der Waals surface area contributed by atoms with Crippen molar-refractivity contribution in [2.24, 2.45) is 0 Å². The van der Waals surface area contributed by atoms with Crippen molar-refractivity contribution >= 4 is 38.9 Å². The molecule has 0 saturated heterocycles. The third kappa shape index (κ3) is 2.73. The average molecular weight is 311 g/mol. The molecule has 0 spiro atoms. The number of anilines is 1. The minimum atomic E-state index is -0.0824. The minimum Gasteiger partial charge on any atom is -0.320 e. The standard InChI is InChI=1S/C12H11BrN2OS/c1-7-3-4-17-10(7)12(16)15-9-5-8(2)11(13)14-6-9/h3-6H,1-2H3,(H,15,16). The summed E-state index contributed by atoms with van der Waals surface area (Å²) < 4.78 is 0.794. The quantitative estimate of drug-likeness (QED) is 0.858. The third-order valence-electron chi connectivity index (χ3n) is 2.34. The molecule has 2 aromatic rings. The van der Waals surface area contributed by atoms with Crippen LogP contribution in [0, 0.1) is 13.8 Å². The highest BCUT2D eigenvalue weighted by Crippen LogP contribution is 2.20. The summed E-state index contributed by atoms with van der Waals surface area (Å²) in [6.45, 7) is 3.86. The molecule has 0 fully saturated rings. The molecule has 1 N–H and O–H groups in total. The van der Waals surface area contributed by atoms with Gasteiger partial charge in [-0.1, -0.05) is 0 Å². The SMILES string of the molecule is Cc1cc(NC(=O)c2sccc2C)cnc1Br. The van der Waals surface area contributed by atoms with Crippen molar-refractivity contribution in [3.63, 3.8) is 0 Å². The van der Waals surface area contributed by atoms with E-state index in [2.05, 4.69) is 26.2 Å². The molecule has 0 unspecified atom stereocenters. The van der Waals surface area contributed by atoms with Gasteiger partial charge >= 0.3 is 0 Å². The zero-order valence-electron chi connectivity index (χ0n) is 9.45. The van der Waals surface area contributed by atoms with E-state index >= 15 is 0 Å². The van der Waals surface area contributed by atoms with Crippen LogP contribution in [0.15, 0.2) is 28.3 Å². The molecule has 1 amide bonds. The van der Waals surface area contributed by atoms with Crippen LogP contribution in [0.5, 0.6) is 0 Å². The van der Waals surface area contributed by atoms with Crippen molar-refractivity contribution in [3.8, 4) is 0 Å². The molecule has 0 aromatic carbocycles. The third-order valence-corrected chi connectivity index (χ3v) is 4.19. The maximum absolute atomic E-state index is 12.0. The first-order valence-electron chi connectivity index (χ1n) is 5.05. The van der Waals surface area contributed by atoms with E-state index in [1.165, 1.54) is 11.3 Å². The highest BCUT2D eigenvalue weighted by molar-refractivity contribution is 9.10. The molecule has 0 aliphatic heterocycles. The van der Waals surface area contributed by atoms with E-state index in [0.29, 0.717) is 5.69 Å². The predicted molar refractivity (Wildman–Crippen MR) is 73.7 cm³/mol. The number of carbonyl (C=O) groups is 1. The van der Waals surface area contributed by atoms with Crippen LogP contribution in [0.3, 0.4) is 0 Å². The maximum Gasteiger partial charge on any atom is 0.266 e. The van der Waals surface area contributed by atoms with Crippen molar-refractivity contribution < 1.29 is 4.79 Å². The van der Waals surface area contributed by atoms with Crippen molar-refractivity contribution in [1.82, 2.24) is 4.98 Å². The second-order valence-electron chi connectivity index (χ2n) is 3.72. The molecular weight excluding hydrogens is 300 g/mol. The number of hydrogen-bond donors (Lipinski definition) is 1. The number of aromatic nitrogens is 1. The van der Waals surface area contributed by atoms with Crippen LogP contribution in [0.2, 0.25) is 0 Å². The highest BCUT2D eigenvalue weighted by Gasteiger charge is 2.11. The minimum absolute atomic E-state index is 0.0824. The number of carbonyl (C=O) groups excluding carboxylic acids is 1. The Morgan fingerprint density at radius 3 is 2.76 bits per heavy atom. The summed E-state index contributed by atoms with van der Waals surface area (Å²) in [4.78, 5) is 16.8. The molecule has 0 aliphatic rings. The summed E-state index contributed by atoms with van der Waals surface area (Å²) in [7, 11) is 0.